The van der Waals surface area contributed by atoms with Crippen LogP contribution >= 0.6 is 11.6 Å². The van der Waals surface area contributed by atoms with Gasteiger partial charge in [0.05, 0.1) is 11.2 Å². The number of pyridine rings is 1. The highest BCUT2D eigenvalue weighted by atomic mass is 35.5. The number of nitrogens with zero attached hydrogens (tertiary/aromatic N) is 1. The van der Waals surface area contributed by atoms with Crippen LogP contribution in [0.3, 0.4) is 0 Å². The summed E-state index contributed by atoms with van der Waals surface area (Å²) in [5, 5.41) is 4.39. The van der Waals surface area contributed by atoms with Crippen molar-refractivity contribution in [1.82, 2.24) is 4.98 Å². The van der Waals surface area contributed by atoms with Crippen LogP contribution in [0.1, 0.15) is 16.1 Å². The molecule has 1 aromatic heterocycles. The van der Waals surface area contributed by atoms with Gasteiger partial charge in [-0.25, -0.2) is 0 Å². The van der Waals surface area contributed by atoms with Gasteiger partial charge in [0, 0.05) is 21.7 Å². The maximum absolute atomic E-state index is 12.3. The molecule has 2 aromatic carbocycles. The van der Waals surface area contributed by atoms with Crippen molar-refractivity contribution in [3.63, 3.8) is 0 Å². The summed E-state index contributed by atoms with van der Waals surface area (Å²) in [6, 6.07) is 16.5. The smallest absolute Gasteiger partial charge is 0.255 e. The number of fused-ring (bicyclic) bond motifs is 1. The summed E-state index contributed by atoms with van der Waals surface area (Å²) in [4.78, 5) is 16.8. The summed E-state index contributed by atoms with van der Waals surface area (Å²) in [6.07, 6.45) is 0. The first-order valence-corrected chi connectivity index (χ1v) is 6.94. The average molecular weight is 297 g/mol. The second-order valence-corrected chi connectivity index (χ2v) is 5.23. The Labute approximate surface area is 127 Å². The van der Waals surface area contributed by atoms with Crippen molar-refractivity contribution < 1.29 is 4.79 Å². The van der Waals surface area contributed by atoms with Crippen LogP contribution in [0, 0.1) is 6.92 Å². The molecule has 3 nitrogen and oxygen atoms in total. The number of carbonyl (C=O) groups is 1. The number of carbonyl (C=O) groups excluding carboxylic acids is 1. The van der Waals surface area contributed by atoms with Gasteiger partial charge in [0.2, 0.25) is 0 Å². The maximum atomic E-state index is 12.3. The quantitative estimate of drug-likeness (QED) is 0.759. The van der Waals surface area contributed by atoms with Crippen molar-refractivity contribution in [3.05, 3.63) is 70.9 Å². The molecule has 0 aliphatic rings. The Hall–Kier alpha value is -2.39. The molecule has 0 fully saturated rings. The van der Waals surface area contributed by atoms with Crippen LogP contribution in [0.25, 0.3) is 10.9 Å². The van der Waals surface area contributed by atoms with Crippen LogP contribution in [0.5, 0.6) is 0 Å². The van der Waals surface area contributed by atoms with Crippen LogP contribution in [0.15, 0.2) is 54.6 Å². The topological polar surface area (TPSA) is 42.0 Å². The summed E-state index contributed by atoms with van der Waals surface area (Å²) >= 11 is 5.92. The number of anilines is 1. The molecule has 104 valence electrons. The number of hydrogen-bond acceptors (Lipinski definition) is 2. The lowest BCUT2D eigenvalue weighted by Gasteiger charge is -2.10. The van der Waals surface area contributed by atoms with E-state index in [0.717, 1.165) is 22.3 Å². The van der Waals surface area contributed by atoms with E-state index in [1.807, 2.05) is 37.3 Å². The van der Waals surface area contributed by atoms with Crippen molar-refractivity contribution in [3.8, 4) is 0 Å². The SMILES string of the molecule is Cc1cc(NC(=O)c2cccc(Cl)c2)c2ccccc2n1. The fraction of sp³-hybridized carbons (Fsp3) is 0.0588. The number of para-hydroxylation sites is 1. The minimum absolute atomic E-state index is 0.187. The van der Waals surface area contributed by atoms with Gasteiger partial charge in [-0.15, -0.1) is 0 Å². The third-order valence-electron chi connectivity index (χ3n) is 3.18. The number of amides is 1. The molecule has 0 unspecified atom stereocenters. The van der Waals surface area contributed by atoms with Crippen LogP contribution in [0.4, 0.5) is 5.69 Å². The number of hydrogen-bond donors (Lipinski definition) is 1. The van der Waals surface area contributed by atoms with Gasteiger partial charge in [-0.05, 0) is 37.3 Å². The normalized spacial score (nSPS) is 10.6. The van der Waals surface area contributed by atoms with Crippen molar-refractivity contribution in [2.45, 2.75) is 6.92 Å². The van der Waals surface area contributed by atoms with Gasteiger partial charge in [0.25, 0.3) is 5.91 Å². The van der Waals surface area contributed by atoms with E-state index >= 15 is 0 Å². The van der Waals surface area contributed by atoms with Gasteiger partial charge < -0.3 is 5.32 Å². The first-order chi connectivity index (χ1) is 10.1. The Morgan fingerprint density at radius 1 is 1.10 bits per heavy atom. The van der Waals surface area contributed by atoms with Gasteiger partial charge in [-0.2, -0.15) is 0 Å². The monoisotopic (exact) mass is 296 g/mol. The van der Waals surface area contributed by atoms with Crippen LogP contribution in [-0.2, 0) is 0 Å². The highest BCUT2D eigenvalue weighted by Crippen LogP contribution is 2.23. The van der Waals surface area contributed by atoms with E-state index in [-0.39, 0.29) is 5.91 Å². The van der Waals surface area contributed by atoms with Gasteiger partial charge in [0.1, 0.15) is 0 Å². The molecule has 1 N–H and O–H groups in total. The molecule has 3 rings (SSSR count). The molecule has 0 saturated carbocycles. The number of halogens is 1. The fourth-order valence-corrected chi connectivity index (χ4v) is 2.43. The molecule has 0 bridgehead atoms. The van der Waals surface area contributed by atoms with E-state index in [1.54, 1.807) is 24.3 Å². The third kappa shape index (κ3) is 2.88. The first-order valence-electron chi connectivity index (χ1n) is 6.57. The molecule has 3 aromatic rings. The second-order valence-electron chi connectivity index (χ2n) is 4.79. The summed E-state index contributed by atoms with van der Waals surface area (Å²) in [7, 11) is 0. The Morgan fingerprint density at radius 2 is 1.90 bits per heavy atom. The molecule has 4 heteroatoms. The Morgan fingerprint density at radius 3 is 2.71 bits per heavy atom. The van der Waals surface area contributed by atoms with E-state index < -0.39 is 0 Å². The summed E-state index contributed by atoms with van der Waals surface area (Å²) < 4.78 is 0. The second kappa shape index (κ2) is 5.54. The summed E-state index contributed by atoms with van der Waals surface area (Å²) in [5.74, 6) is -0.187. The van der Waals surface area contributed by atoms with Gasteiger partial charge in [-0.3, -0.25) is 9.78 Å². The molecular weight excluding hydrogens is 284 g/mol. The highest BCUT2D eigenvalue weighted by Gasteiger charge is 2.10. The Kier molecular flexibility index (Phi) is 3.59. The third-order valence-corrected chi connectivity index (χ3v) is 3.41. The molecule has 0 aliphatic carbocycles. The minimum atomic E-state index is -0.187. The molecule has 0 atom stereocenters. The van der Waals surface area contributed by atoms with Crippen molar-refractivity contribution in [2.75, 3.05) is 5.32 Å². The molecule has 0 spiro atoms. The molecular formula is C17H13ClN2O. The van der Waals surface area contributed by atoms with Crippen molar-refractivity contribution in [2.24, 2.45) is 0 Å². The largest absolute Gasteiger partial charge is 0.321 e. The summed E-state index contributed by atoms with van der Waals surface area (Å²) in [5.41, 5.74) is 3.00. The van der Waals surface area contributed by atoms with Crippen LogP contribution in [-0.4, -0.2) is 10.9 Å². The Balaban J connectivity index is 2.00. The van der Waals surface area contributed by atoms with E-state index in [9.17, 15) is 4.79 Å². The van der Waals surface area contributed by atoms with E-state index in [0.29, 0.717) is 10.6 Å². The summed E-state index contributed by atoms with van der Waals surface area (Å²) in [6.45, 7) is 1.90. The molecule has 0 radical (unpaired) electrons. The van der Waals surface area contributed by atoms with Crippen molar-refractivity contribution >= 4 is 34.1 Å². The lowest BCUT2D eigenvalue weighted by atomic mass is 10.1. The number of benzene rings is 2. The van der Waals surface area contributed by atoms with Gasteiger partial charge in [0.15, 0.2) is 0 Å². The van der Waals surface area contributed by atoms with E-state index in [1.165, 1.54) is 0 Å². The number of rotatable bonds is 2. The zero-order valence-corrected chi connectivity index (χ0v) is 12.2. The molecule has 0 aliphatic heterocycles. The lowest BCUT2D eigenvalue weighted by Crippen LogP contribution is -2.12. The van der Waals surface area contributed by atoms with Gasteiger partial charge >= 0.3 is 0 Å². The molecule has 0 saturated heterocycles. The standard InChI is InChI=1S/C17H13ClN2O/c1-11-9-16(14-7-2-3-8-15(14)19-11)20-17(21)12-5-4-6-13(18)10-12/h2-10H,1H3,(H,19,20,21). The number of aryl methyl sites for hydroxylation is 1. The predicted molar refractivity (Wildman–Crippen MR) is 85.9 cm³/mol. The van der Waals surface area contributed by atoms with Crippen LogP contribution < -0.4 is 5.32 Å². The average Bonchev–Trinajstić information content (AvgIpc) is 2.47. The van der Waals surface area contributed by atoms with Gasteiger partial charge in [-0.1, -0.05) is 35.9 Å². The zero-order valence-electron chi connectivity index (χ0n) is 11.4. The number of aromatic nitrogens is 1. The van der Waals surface area contributed by atoms with E-state index in [2.05, 4.69) is 10.3 Å². The van der Waals surface area contributed by atoms with Crippen molar-refractivity contribution in [1.29, 1.82) is 0 Å². The van der Waals surface area contributed by atoms with E-state index in [4.69, 9.17) is 11.6 Å². The highest BCUT2D eigenvalue weighted by molar-refractivity contribution is 6.31. The van der Waals surface area contributed by atoms with Crippen LogP contribution in [0.2, 0.25) is 5.02 Å². The Bertz CT molecular complexity index is 830. The zero-order chi connectivity index (χ0) is 14.8. The fourth-order valence-electron chi connectivity index (χ4n) is 2.24. The molecule has 21 heavy (non-hydrogen) atoms. The minimum Gasteiger partial charge on any atom is -0.321 e. The predicted octanol–water partition coefficient (Wildman–Crippen LogP) is 4.45. The lowest BCUT2D eigenvalue weighted by molar-refractivity contribution is 0.102. The maximum Gasteiger partial charge on any atom is 0.255 e. The molecule has 1 amide bonds. The number of nitrogens with one attached hydrogen (secondary N) is 1. The molecule has 1 heterocycles. The first kappa shape index (κ1) is 13.6.